The van der Waals surface area contributed by atoms with Crippen molar-refractivity contribution in [3.8, 4) is 78.4 Å². The minimum absolute atomic E-state index is 0.582. The number of pyridine rings is 2. The third-order valence-corrected chi connectivity index (χ3v) is 11.4. The van der Waals surface area contributed by atoms with Gasteiger partial charge in [0.2, 0.25) is 0 Å². The number of aromatic nitrogens is 4. The van der Waals surface area contributed by atoms with E-state index >= 15 is 0 Å². The number of fused-ring (bicyclic) bond motifs is 12. The first-order chi connectivity index (χ1) is 27.3. The summed E-state index contributed by atoms with van der Waals surface area (Å²) in [5.74, 6) is 0.670. The van der Waals surface area contributed by atoms with E-state index < -0.39 is 5.41 Å². The lowest BCUT2D eigenvalue weighted by molar-refractivity contribution is 0.775. The average Bonchev–Trinajstić information content (AvgIpc) is 3.52. The highest BCUT2D eigenvalue weighted by Gasteiger charge is 2.49. The van der Waals surface area contributed by atoms with Gasteiger partial charge in [0.05, 0.1) is 16.8 Å². The topological polar surface area (TPSA) is 51.6 Å². The van der Waals surface area contributed by atoms with Crippen LogP contribution in [0.25, 0.3) is 78.4 Å². The second-order valence-electron chi connectivity index (χ2n) is 14.2. The lowest BCUT2D eigenvalue weighted by atomic mass is 9.65. The summed E-state index contributed by atoms with van der Waals surface area (Å²) in [4.78, 5) is 19.2. The molecule has 0 atom stereocenters. The summed E-state index contributed by atoms with van der Waals surface area (Å²) in [6.45, 7) is 0. The Balaban J connectivity index is 1.18. The number of hydrogen-bond donors (Lipinski definition) is 0. The van der Waals surface area contributed by atoms with Gasteiger partial charge in [0.25, 0.3) is 0 Å². The molecule has 0 N–H and O–H groups in total. The minimum Gasteiger partial charge on any atom is -0.265 e. The molecule has 0 unspecified atom stereocenters. The summed E-state index contributed by atoms with van der Waals surface area (Å²) in [6.07, 6.45) is 7.32. The van der Waals surface area contributed by atoms with E-state index in [1.807, 2.05) is 36.8 Å². The summed E-state index contributed by atoms with van der Waals surface area (Å²) >= 11 is 0. The van der Waals surface area contributed by atoms with Gasteiger partial charge in [-0.1, -0.05) is 140 Å². The van der Waals surface area contributed by atoms with Crippen LogP contribution >= 0.6 is 0 Å². The average molecular weight is 701 g/mol. The van der Waals surface area contributed by atoms with Crippen LogP contribution in [0.15, 0.2) is 195 Å². The summed E-state index contributed by atoms with van der Waals surface area (Å²) in [6, 6.07) is 61.3. The molecule has 4 nitrogen and oxygen atoms in total. The summed E-state index contributed by atoms with van der Waals surface area (Å²) < 4.78 is 0. The predicted molar refractivity (Wildman–Crippen MR) is 221 cm³/mol. The maximum atomic E-state index is 5.33. The first-order valence-corrected chi connectivity index (χ1v) is 18.6. The third-order valence-electron chi connectivity index (χ3n) is 11.4. The molecule has 0 radical (unpaired) electrons. The van der Waals surface area contributed by atoms with E-state index in [1.54, 1.807) is 6.20 Å². The van der Waals surface area contributed by atoms with Gasteiger partial charge in [-0.25, -0.2) is 9.97 Å². The molecule has 55 heavy (non-hydrogen) atoms. The molecule has 0 fully saturated rings. The highest BCUT2D eigenvalue weighted by atomic mass is 14.9. The quantitative estimate of drug-likeness (QED) is 0.183. The molecular formula is C51H32N4. The van der Waals surface area contributed by atoms with Crippen molar-refractivity contribution in [3.63, 3.8) is 0 Å². The van der Waals surface area contributed by atoms with Gasteiger partial charge in [-0.3, -0.25) is 9.97 Å². The fourth-order valence-corrected chi connectivity index (χ4v) is 8.95. The maximum Gasteiger partial charge on any atom is 0.160 e. The Labute approximate surface area is 319 Å². The molecule has 3 aromatic heterocycles. The van der Waals surface area contributed by atoms with Gasteiger partial charge >= 0.3 is 0 Å². The van der Waals surface area contributed by atoms with Crippen LogP contribution in [-0.2, 0) is 5.41 Å². The molecule has 11 rings (SSSR count). The Kier molecular flexibility index (Phi) is 7.04. The SMILES string of the molecule is c1cncc(-c2ccc(-c3cc(-c4ccncc4)nc(-c4ccc5c(c4)C4(c6ccccc6-c6ccccc6-5)c5ccccc5-c5ccccc54)n3)cc2)c1. The Hall–Kier alpha value is -7.30. The normalized spacial score (nSPS) is 12.9. The van der Waals surface area contributed by atoms with Crippen LogP contribution in [0, 0.1) is 0 Å². The molecule has 2 aliphatic carbocycles. The van der Waals surface area contributed by atoms with Crippen LogP contribution in [0.5, 0.6) is 0 Å². The zero-order chi connectivity index (χ0) is 36.3. The molecule has 2 aliphatic rings. The van der Waals surface area contributed by atoms with E-state index in [-0.39, 0.29) is 0 Å². The Morgan fingerprint density at radius 1 is 0.309 bits per heavy atom. The van der Waals surface area contributed by atoms with Gasteiger partial charge in [-0.2, -0.15) is 0 Å². The first-order valence-electron chi connectivity index (χ1n) is 18.6. The zero-order valence-electron chi connectivity index (χ0n) is 29.8. The molecule has 0 saturated heterocycles. The molecular weight excluding hydrogens is 669 g/mol. The second kappa shape index (κ2) is 12.4. The Morgan fingerprint density at radius 3 is 1.38 bits per heavy atom. The molecule has 9 aromatic rings. The van der Waals surface area contributed by atoms with Crippen LogP contribution in [0.2, 0.25) is 0 Å². The molecule has 6 aromatic carbocycles. The van der Waals surface area contributed by atoms with Crippen molar-refractivity contribution in [2.75, 3.05) is 0 Å². The second-order valence-corrected chi connectivity index (χ2v) is 14.2. The van der Waals surface area contributed by atoms with Crippen molar-refractivity contribution in [3.05, 3.63) is 217 Å². The summed E-state index contributed by atoms with van der Waals surface area (Å²) in [5.41, 5.74) is 18.8. The standard InChI is InChI=1S/C51H32N4/c1-2-12-39-38(11-1)40-13-3-6-16-44(40)51(45-17-7-4-14-41(45)42-15-5-8-18-46(42)51)47-30-36(23-24-43(39)47)50-54-48(31-49(55-50)35-25-28-52-29-26-35)34-21-19-33(20-22-34)37-10-9-27-53-32-37/h1-32H. The van der Waals surface area contributed by atoms with Crippen LogP contribution in [0.4, 0.5) is 0 Å². The summed E-state index contributed by atoms with van der Waals surface area (Å²) in [5, 5.41) is 0. The molecule has 0 amide bonds. The van der Waals surface area contributed by atoms with Crippen molar-refractivity contribution < 1.29 is 0 Å². The molecule has 1 spiro atoms. The van der Waals surface area contributed by atoms with E-state index in [4.69, 9.17) is 9.97 Å². The minimum atomic E-state index is -0.582. The summed E-state index contributed by atoms with van der Waals surface area (Å²) in [7, 11) is 0. The van der Waals surface area contributed by atoms with Gasteiger partial charge in [0.15, 0.2) is 5.82 Å². The van der Waals surface area contributed by atoms with Gasteiger partial charge < -0.3 is 0 Å². The van der Waals surface area contributed by atoms with E-state index in [9.17, 15) is 0 Å². The molecule has 256 valence electrons. The van der Waals surface area contributed by atoms with Crippen molar-refractivity contribution in [2.45, 2.75) is 5.41 Å². The fraction of sp³-hybridized carbons (Fsp3) is 0.0196. The number of rotatable bonds is 4. The zero-order valence-corrected chi connectivity index (χ0v) is 29.8. The van der Waals surface area contributed by atoms with E-state index in [2.05, 4.69) is 162 Å². The third kappa shape index (κ3) is 4.78. The molecule has 4 heteroatoms. The monoisotopic (exact) mass is 700 g/mol. The smallest absolute Gasteiger partial charge is 0.160 e. The molecule has 0 aliphatic heterocycles. The lowest BCUT2D eigenvalue weighted by Crippen LogP contribution is -2.29. The van der Waals surface area contributed by atoms with Gasteiger partial charge in [-0.05, 0) is 97.1 Å². The first kappa shape index (κ1) is 31.2. The van der Waals surface area contributed by atoms with Crippen LogP contribution in [0.3, 0.4) is 0 Å². The van der Waals surface area contributed by atoms with Gasteiger partial charge in [-0.15, -0.1) is 0 Å². The van der Waals surface area contributed by atoms with Crippen LogP contribution in [0.1, 0.15) is 22.3 Å². The van der Waals surface area contributed by atoms with E-state index in [0.29, 0.717) is 5.82 Å². The lowest BCUT2D eigenvalue weighted by Gasteiger charge is -2.35. The highest BCUT2D eigenvalue weighted by Crippen LogP contribution is 2.61. The fourth-order valence-electron chi connectivity index (χ4n) is 8.95. The maximum absolute atomic E-state index is 5.33. The predicted octanol–water partition coefficient (Wildman–Crippen LogP) is 11.9. The van der Waals surface area contributed by atoms with Crippen molar-refractivity contribution in [1.29, 1.82) is 0 Å². The largest absolute Gasteiger partial charge is 0.265 e. The molecule has 3 heterocycles. The van der Waals surface area contributed by atoms with E-state index in [1.165, 1.54) is 55.6 Å². The van der Waals surface area contributed by atoms with Crippen molar-refractivity contribution in [1.82, 2.24) is 19.9 Å². The molecule has 0 saturated carbocycles. The van der Waals surface area contributed by atoms with Crippen molar-refractivity contribution >= 4 is 0 Å². The van der Waals surface area contributed by atoms with E-state index in [0.717, 1.165) is 39.2 Å². The number of benzene rings is 6. The Bertz CT molecular complexity index is 2870. The number of nitrogens with zero attached hydrogens (tertiary/aromatic N) is 4. The molecule has 0 bridgehead atoms. The van der Waals surface area contributed by atoms with Crippen molar-refractivity contribution in [2.24, 2.45) is 0 Å². The van der Waals surface area contributed by atoms with Gasteiger partial charge in [0.1, 0.15) is 0 Å². The van der Waals surface area contributed by atoms with Crippen LogP contribution in [-0.4, -0.2) is 19.9 Å². The van der Waals surface area contributed by atoms with Gasteiger partial charge in [0, 0.05) is 41.5 Å². The van der Waals surface area contributed by atoms with Crippen LogP contribution < -0.4 is 0 Å². The number of hydrogen-bond acceptors (Lipinski definition) is 4. The highest BCUT2D eigenvalue weighted by molar-refractivity contribution is 5.97. The Morgan fingerprint density at radius 2 is 0.800 bits per heavy atom.